The van der Waals surface area contributed by atoms with E-state index in [1.165, 1.54) is 4.90 Å². The number of ether oxygens (including phenoxy) is 1. The lowest BCUT2D eigenvalue weighted by atomic mass is 9.95. The highest BCUT2D eigenvalue weighted by molar-refractivity contribution is 6.42. The van der Waals surface area contributed by atoms with Gasteiger partial charge >= 0.3 is 5.97 Å². The van der Waals surface area contributed by atoms with Gasteiger partial charge in [0.2, 0.25) is 23.7 Å². The van der Waals surface area contributed by atoms with Crippen LogP contribution in [-0.4, -0.2) is 27.4 Å². The van der Waals surface area contributed by atoms with E-state index in [2.05, 4.69) is 9.98 Å². The monoisotopic (exact) mass is 495 g/mol. The molecular weight excluding hydrogens is 465 g/mol. The number of nitrogens with two attached hydrogens (primary N) is 1. The first kappa shape index (κ1) is 26.7. The molecule has 0 saturated carbocycles. The number of anilines is 1. The van der Waals surface area contributed by atoms with Crippen LogP contribution >= 0.6 is 23.2 Å². The Morgan fingerprint density at radius 3 is 2.18 bits per heavy atom. The fourth-order valence-corrected chi connectivity index (χ4v) is 2.87. The van der Waals surface area contributed by atoms with Crippen LogP contribution < -0.4 is 15.4 Å². The minimum absolute atomic E-state index is 0.0627. The standard InChI is InChI=1S/C23H31Cl2N5O3/c1-13(2)29-12-17(33-19(32)23(6,7)8)28-21(29)30(18(31)22(3,4)5)20(26)27-14-9-10-15(24)16(25)11-14/h9-13H,1-8H3,(H2,26,27). The molecule has 2 aromatic rings. The van der Waals surface area contributed by atoms with Gasteiger partial charge in [-0.1, -0.05) is 44.0 Å². The Kier molecular flexibility index (Phi) is 7.86. The van der Waals surface area contributed by atoms with Gasteiger partial charge < -0.3 is 15.0 Å². The Morgan fingerprint density at radius 2 is 1.70 bits per heavy atom. The second kappa shape index (κ2) is 9.73. The normalized spacial score (nSPS) is 12.8. The number of hydrogen-bond acceptors (Lipinski definition) is 5. The van der Waals surface area contributed by atoms with Gasteiger partial charge in [0.25, 0.3) is 0 Å². The fourth-order valence-electron chi connectivity index (χ4n) is 2.57. The zero-order chi connectivity index (χ0) is 25.3. The quantitative estimate of drug-likeness (QED) is 0.330. The SMILES string of the molecule is CC(C)n1cc(OC(=O)C(C)(C)C)nc1N(C(=O)C(C)(C)C)C(N)=Nc1ccc(Cl)c(Cl)c1. The third-order valence-electron chi connectivity index (χ3n) is 4.48. The molecule has 0 aliphatic heterocycles. The zero-order valence-electron chi connectivity index (χ0n) is 20.2. The van der Waals surface area contributed by atoms with Crippen molar-refractivity contribution >= 4 is 52.7 Å². The molecule has 2 N–H and O–H groups in total. The predicted octanol–water partition coefficient (Wildman–Crippen LogP) is 5.75. The second-order valence-corrected chi connectivity index (χ2v) is 10.8. The van der Waals surface area contributed by atoms with Crippen molar-refractivity contribution in [3.05, 3.63) is 34.4 Å². The lowest BCUT2D eigenvalue weighted by Crippen LogP contribution is -2.48. The first-order chi connectivity index (χ1) is 15.0. The number of hydrogen-bond donors (Lipinski definition) is 1. The molecule has 0 fully saturated rings. The molecule has 1 heterocycles. The molecule has 8 nitrogen and oxygen atoms in total. The number of guanidine groups is 1. The van der Waals surface area contributed by atoms with Crippen LogP contribution in [0.3, 0.4) is 0 Å². The first-order valence-corrected chi connectivity index (χ1v) is 11.2. The minimum Gasteiger partial charge on any atom is -0.405 e. The molecule has 0 unspecified atom stereocenters. The molecule has 0 saturated heterocycles. The van der Waals surface area contributed by atoms with Crippen LogP contribution in [0, 0.1) is 10.8 Å². The number of amides is 1. The Labute approximate surface area is 204 Å². The second-order valence-electron chi connectivity index (χ2n) is 9.98. The molecule has 0 aliphatic carbocycles. The van der Waals surface area contributed by atoms with Crippen LogP contribution in [-0.2, 0) is 9.59 Å². The van der Waals surface area contributed by atoms with Crippen molar-refractivity contribution in [1.82, 2.24) is 9.55 Å². The predicted molar refractivity (Wildman–Crippen MR) is 132 cm³/mol. The van der Waals surface area contributed by atoms with Gasteiger partial charge in [0, 0.05) is 11.5 Å². The van der Waals surface area contributed by atoms with Crippen molar-refractivity contribution in [2.45, 2.75) is 61.4 Å². The molecule has 10 heteroatoms. The molecule has 1 aromatic carbocycles. The molecule has 0 bridgehead atoms. The average molecular weight is 496 g/mol. The van der Waals surface area contributed by atoms with Crippen LogP contribution in [0.5, 0.6) is 5.88 Å². The van der Waals surface area contributed by atoms with Crippen LogP contribution in [0.25, 0.3) is 0 Å². The van der Waals surface area contributed by atoms with Crippen molar-refractivity contribution in [1.29, 1.82) is 0 Å². The van der Waals surface area contributed by atoms with Gasteiger partial charge in [-0.25, -0.2) is 9.89 Å². The summed E-state index contributed by atoms with van der Waals surface area (Å²) >= 11 is 12.1. The van der Waals surface area contributed by atoms with Crippen LogP contribution in [0.1, 0.15) is 61.4 Å². The van der Waals surface area contributed by atoms with E-state index in [0.717, 1.165) is 0 Å². The van der Waals surface area contributed by atoms with E-state index in [1.807, 2.05) is 13.8 Å². The smallest absolute Gasteiger partial charge is 0.318 e. The summed E-state index contributed by atoms with van der Waals surface area (Å²) in [6, 6.07) is 4.64. The molecule has 180 valence electrons. The van der Waals surface area contributed by atoms with Gasteiger partial charge in [-0.15, -0.1) is 0 Å². The van der Waals surface area contributed by atoms with E-state index in [4.69, 9.17) is 33.7 Å². The topological polar surface area (TPSA) is 103 Å². The highest BCUT2D eigenvalue weighted by Crippen LogP contribution is 2.31. The van der Waals surface area contributed by atoms with Crippen molar-refractivity contribution in [3.8, 4) is 5.88 Å². The summed E-state index contributed by atoms with van der Waals surface area (Å²) in [5.74, 6) is -0.663. The highest BCUT2D eigenvalue weighted by atomic mass is 35.5. The minimum atomic E-state index is -0.812. The van der Waals surface area contributed by atoms with Crippen molar-refractivity contribution in [2.24, 2.45) is 21.6 Å². The van der Waals surface area contributed by atoms with Gasteiger partial charge in [-0.2, -0.15) is 4.98 Å². The number of aromatic nitrogens is 2. The molecule has 0 radical (unpaired) electrons. The number of esters is 1. The first-order valence-electron chi connectivity index (χ1n) is 10.5. The molecule has 0 atom stereocenters. The number of aliphatic imine (C=N–C) groups is 1. The molecule has 0 aliphatic rings. The van der Waals surface area contributed by atoms with E-state index < -0.39 is 16.8 Å². The van der Waals surface area contributed by atoms with E-state index in [1.54, 1.807) is 70.5 Å². The lowest BCUT2D eigenvalue weighted by molar-refractivity contribution is -0.143. The number of carbonyl (C=O) groups is 2. The largest absolute Gasteiger partial charge is 0.405 e. The Hall–Kier alpha value is -2.58. The molecular formula is C23H31Cl2N5O3. The molecule has 0 spiro atoms. The van der Waals surface area contributed by atoms with Crippen LogP contribution in [0.15, 0.2) is 29.4 Å². The van der Waals surface area contributed by atoms with Gasteiger partial charge in [0.15, 0.2) is 0 Å². The summed E-state index contributed by atoms with van der Waals surface area (Å²) in [7, 11) is 0. The summed E-state index contributed by atoms with van der Waals surface area (Å²) < 4.78 is 7.17. The third-order valence-corrected chi connectivity index (χ3v) is 5.22. The third kappa shape index (κ3) is 6.48. The molecule has 33 heavy (non-hydrogen) atoms. The summed E-state index contributed by atoms with van der Waals surface area (Å²) in [5.41, 5.74) is 5.21. The van der Waals surface area contributed by atoms with E-state index in [9.17, 15) is 9.59 Å². The maximum absolute atomic E-state index is 13.4. The Bertz CT molecular complexity index is 1080. The maximum atomic E-state index is 13.4. The van der Waals surface area contributed by atoms with Gasteiger partial charge in [-0.05, 0) is 52.8 Å². The fraction of sp³-hybridized carbons (Fsp3) is 0.478. The van der Waals surface area contributed by atoms with Gasteiger partial charge in [0.1, 0.15) is 0 Å². The van der Waals surface area contributed by atoms with E-state index in [0.29, 0.717) is 15.7 Å². The van der Waals surface area contributed by atoms with Crippen molar-refractivity contribution in [3.63, 3.8) is 0 Å². The Balaban J connectivity index is 2.64. The molecule has 1 aromatic heterocycles. The van der Waals surface area contributed by atoms with Crippen LogP contribution in [0.2, 0.25) is 10.0 Å². The Morgan fingerprint density at radius 1 is 1.09 bits per heavy atom. The number of imidazole rings is 1. The highest BCUT2D eigenvalue weighted by Gasteiger charge is 2.35. The molecule has 1 amide bonds. The number of nitrogens with zero attached hydrogens (tertiary/aromatic N) is 4. The van der Waals surface area contributed by atoms with Crippen molar-refractivity contribution < 1.29 is 14.3 Å². The summed E-state index contributed by atoms with van der Waals surface area (Å²) in [6.45, 7) is 14.3. The van der Waals surface area contributed by atoms with Gasteiger partial charge in [-0.3, -0.25) is 9.59 Å². The summed E-state index contributed by atoms with van der Waals surface area (Å²) in [5, 5.41) is 0.678. The van der Waals surface area contributed by atoms with E-state index in [-0.39, 0.29) is 29.7 Å². The summed E-state index contributed by atoms with van der Waals surface area (Å²) in [6.07, 6.45) is 1.57. The van der Waals surface area contributed by atoms with Gasteiger partial charge in [0.05, 0.1) is 27.3 Å². The number of benzene rings is 1. The number of halogens is 2. The van der Waals surface area contributed by atoms with Crippen LogP contribution in [0.4, 0.5) is 11.6 Å². The summed E-state index contributed by atoms with van der Waals surface area (Å²) in [4.78, 5) is 35.9. The van der Waals surface area contributed by atoms with E-state index >= 15 is 0 Å². The average Bonchev–Trinajstić information content (AvgIpc) is 3.07. The number of carbonyl (C=O) groups excluding carboxylic acids is 2. The maximum Gasteiger partial charge on any atom is 0.318 e. The van der Waals surface area contributed by atoms with Crippen molar-refractivity contribution in [2.75, 3.05) is 4.90 Å². The molecule has 2 rings (SSSR count). The number of rotatable bonds is 4. The lowest BCUT2D eigenvalue weighted by Gasteiger charge is -2.28. The zero-order valence-corrected chi connectivity index (χ0v) is 21.7.